The third-order valence-electron chi connectivity index (χ3n) is 5.90. The molecule has 1 spiro atoms. The number of carbonyl (C=O) groups is 3. The van der Waals surface area contributed by atoms with Crippen molar-refractivity contribution in [2.75, 3.05) is 25.6 Å². The number of amides is 3. The average Bonchev–Trinajstić information content (AvgIpc) is 3.22. The first kappa shape index (κ1) is 18.1. The Bertz CT molecular complexity index is 810. The Labute approximate surface area is 156 Å². The second-order valence-corrected chi connectivity index (χ2v) is 7.40. The van der Waals surface area contributed by atoms with Crippen LogP contribution in [0, 0.1) is 11.8 Å². The Balaban J connectivity index is 1.79. The van der Waals surface area contributed by atoms with Gasteiger partial charge < -0.3 is 15.2 Å². The Morgan fingerprint density at radius 1 is 1.26 bits per heavy atom. The fraction of sp³-hybridized carbons (Fsp3) is 0.526. The molecular formula is C19H23N3O5. The van der Waals surface area contributed by atoms with E-state index in [0.717, 1.165) is 0 Å². The molecule has 0 saturated carbocycles. The van der Waals surface area contributed by atoms with Gasteiger partial charge in [0.1, 0.15) is 5.54 Å². The molecule has 5 atom stereocenters. The number of fused-ring (bicyclic) bond motifs is 4. The Morgan fingerprint density at radius 2 is 2.00 bits per heavy atom. The van der Waals surface area contributed by atoms with Gasteiger partial charge in [-0.3, -0.25) is 24.6 Å². The van der Waals surface area contributed by atoms with Gasteiger partial charge >= 0.3 is 0 Å². The fourth-order valence-corrected chi connectivity index (χ4v) is 4.75. The second-order valence-electron chi connectivity index (χ2n) is 7.40. The SMILES string of the molecule is COCCCN1C(=O)[C@@H]2[C@@H]([C@H](C)O)N[C@@]3(C(=O)Nc4ccccc43)[C@@H]2C1=O. The highest BCUT2D eigenvalue weighted by Crippen LogP contribution is 2.53. The van der Waals surface area contributed by atoms with E-state index < -0.39 is 29.5 Å². The molecule has 3 N–H and O–H groups in total. The van der Waals surface area contributed by atoms with Gasteiger partial charge in [-0.2, -0.15) is 0 Å². The maximum Gasteiger partial charge on any atom is 0.250 e. The monoisotopic (exact) mass is 373 g/mol. The quantitative estimate of drug-likeness (QED) is 0.488. The predicted octanol–water partition coefficient (Wildman–Crippen LogP) is -0.176. The molecule has 0 aliphatic carbocycles. The molecule has 3 aliphatic rings. The summed E-state index contributed by atoms with van der Waals surface area (Å²) in [6, 6.07) is 6.47. The van der Waals surface area contributed by atoms with Crippen LogP contribution in [0.4, 0.5) is 5.69 Å². The van der Waals surface area contributed by atoms with Gasteiger partial charge in [-0.1, -0.05) is 18.2 Å². The van der Waals surface area contributed by atoms with Crippen molar-refractivity contribution in [3.63, 3.8) is 0 Å². The van der Waals surface area contributed by atoms with Gasteiger partial charge in [0.25, 0.3) is 0 Å². The summed E-state index contributed by atoms with van der Waals surface area (Å²) in [4.78, 5) is 40.5. The zero-order chi connectivity index (χ0) is 19.3. The number of hydrogen-bond acceptors (Lipinski definition) is 6. The number of rotatable bonds is 5. The summed E-state index contributed by atoms with van der Waals surface area (Å²) in [6.45, 7) is 2.24. The number of aliphatic hydroxyl groups is 1. The smallest absolute Gasteiger partial charge is 0.250 e. The Morgan fingerprint density at radius 3 is 2.70 bits per heavy atom. The number of nitrogens with one attached hydrogen (secondary N) is 2. The van der Waals surface area contributed by atoms with E-state index in [1.54, 1.807) is 38.3 Å². The summed E-state index contributed by atoms with van der Waals surface area (Å²) < 4.78 is 5.02. The molecule has 3 amide bonds. The molecule has 0 unspecified atom stereocenters. The van der Waals surface area contributed by atoms with Gasteiger partial charge in [0.15, 0.2) is 0 Å². The van der Waals surface area contributed by atoms with Crippen LogP contribution < -0.4 is 10.6 Å². The third kappa shape index (κ3) is 2.37. The lowest BCUT2D eigenvalue weighted by atomic mass is 9.76. The van der Waals surface area contributed by atoms with E-state index in [9.17, 15) is 19.5 Å². The molecule has 3 heterocycles. The second kappa shape index (κ2) is 6.40. The average molecular weight is 373 g/mol. The van der Waals surface area contributed by atoms with Crippen molar-refractivity contribution in [2.45, 2.75) is 31.0 Å². The summed E-state index contributed by atoms with van der Waals surface area (Å²) in [5.41, 5.74) is -0.0720. The van der Waals surface area contributed by atoms with Crippen molar-refractivity contribution in [1.82, 2.24) is 10.2 Å². The van der Waals surface area contributed by atoms with Gasteiger partial charge in [-0.05, 0) is 19.4 Å². The summed E-state index contributed by atoms with van der Waals surface area (Å²) >= 11 is 0. The van der Waals surface area contributed by atoms with Crippen molar-refractivity contribution < 1.29 is 24.2 Å². The molecule has 144 valence electrons. The van der Waals surface area contributed by atoms with Crippen molar-refractivity contribution in [3.05, 3.63) is 29.8 Å². The van der Waals surface area contributed by atoms with E-state index >= 15 is 0 Å². The molecule has 2 fully saturated rings. The van der Waals surface area contributed by atoms with Crippen LogP contribution in [0.25, 0.3) is 0 Å². The molecule has 0 bridgehead atoms. The first-order valence-electron chi connectivity index (χ1n) is 9.14. The number of para-hydroxylation sites is 1. The predicted molar refractivity (Wildman–Crippen MR) is 95.5 cm³/mol. The van der Waals surface area contributed by atoms with Crippen LogP contribution in [0.15, 0.2) is 24.3 Å². The van der Waals surface area contributed by atoms with Crippen molar-refractivity contribution in [3.8, 4) is 0 Å². The van der Waals surface area contributed by atoms with Gasteiger partial charge in [0, 0.05) is 37.6 Å². The molecular weight excluding hydrogens is 350 g/mol. The summed E-state index contributed by atoms with van der Waals surface area (Å²) in [5, 5.41) is 16.3. The molecule has 8 nitrogen and oxygen atoms in total. The third-order valence-corrected chi connectivity index (χ3v) is 5.90. The number of benzene rings is 1. The lowest BCUT2D eigenvalue weighted by Gasteiger charge is -2.30. The minimum Gasteiger partial charge on any atom is -0.392 e. The van der Waals surface area contributed by atoms with Gasteiger partial charge in [0.05, 0.1) is 17.9 Å². The summed E-state index contributed by atoms with van der Waals surface area (Å²) in [6.07, 6.45) is -0.371. The van der Waals surface area contributed by atoms with Crippen LogP contribution in [0.5, 0.6) is 0 Å². The number of anilines is 1. The fourth-order valence-electron chi connectivity index (χ4n) is 4.75. The highest BCUT2D eigenvalue weighted by atomic mass is 16.5. The minimum atomic E-state index is -1.34. The van der Waals surface area contributed by atoms with Crippen LogP contribution >= 0.6 is 0 Å². The number of aliphatic hydroxyl groups excluding tert-OH is 1. The lowest BCUT2D eigenvalue weighted by molar-refractivity contribution is -0.143. The first-order chi connectivity index (χ1) is 12.9. The van der Waals surface area contributed by atoms with Crippen LogP contribution in [0.2, 0.25) is 0 Å². The van der Waals surface area contributed by atoms with Gasteiger partial charge in [-0.15, -0.1) is 0 Å². The molecule has 2 saturated heterocycles. The molecule has 4 rings (SSSR count). The molecule has 1 aromatic rings. The van der Waals surface area contributed by atoms with Crippen molar-refractivity contribution in [2.24, 2.45) is 11.8 Å². The van der Waals surface area contributed by atoms with Crippen LogP contribution in [0.1, 0.15) is 18.9 Å². The molecule has 0 aromatic heterocycles. The van der Waals surface area contributed by atoms with E-state index in [1.165, 1.54) is 4.90 Å². The van der Waals surface area contributed by atoms with E-state index in [4.69, 9.17) is 4.74 Å². The van der Waals surface area contributed by atoms with Gasteiger partial charge in [-0.25, -0.2) is 0 Å². The maximum absolute atomic E-state index is 13.2. The Hall–Kier alpha value is -2.29. The molecule has 3 aliphatic heterocycles. The highest BCUT2D eigenvalue weighted by molar-refractivity contribution is 6.15. The first-order valence-corrected chi connectivity index (χ1v) is 9.14. The minimum absolute atomic E-state index is 0.240. The van der Waals surface area contributed by atoms with E-state index in [-0.39, 0.29) is 24.3 Å². The number of likely N-dealkylation sites (tertiary alicyclic amines) is 1. The Kier molecular flexibility index (Phi) is 4.29. The van der Waals surface area contributed by atoms with Crippen molar-refractivity contribution in [1.29, 1.82) is 0 Å². The van der Waals surface area contributed by atoms with E-state index in [2.05, 4.69) is 10.6 Å². The largest absolute Gasteiger partial charge is 0.392 e. The normalized spacial score (nSPS) is 32.8. The molecule has 8 heteroatoms. The maximum atomic E-state index is 13.2. The molecule has 27 heavy (non-hydrogen) atoms. The van der Waals surface area contributed by atoms with Crippen LogP contribution in [-0.2, 0) is 24.7 Å². The number of ether oxygens (including phenoxy) is 1. The van der Waals surface area contributed by atoms with Crippen molar-refractivity contribution >= 4 is 23.4 Å². The highest BCUT2D eigenvalue weighted by Gasteiger charge is 2.70. The number of hydrogen-bond donors (Lipinski definition) is 3. The number of imide groups is 1. The number of methoxy groups -OCH3 is 1. The lowest BCUT2D eigenvalue weighted by Crippen LogP contribution is -2.54. The number of nitrogens with zero attached hydrogens (tertiary/aromatic N) is 1. The standard InChI is InChI=1S/C19H23N3O5/c1-10(23)15-13-14(17(25)22(16(13)24)8-5-9-27-2)19(21-15)11-6-3-4-7-12(11)20-18(19)26/h3-4,6-7,10,13-15,21,23H,5,8-9H2,1-2H3,(H,20,26)/t10-,13-,14-,15+,19+/m0/s1. The van der Waals surface area contributed by atoms with Crippen LogP contribution in [-0.4, -0.2) is 60.1 Å². The zero-order valence-corrected chi connectivity index (χ0v) is 15.3. The summed E-state index contributed by atoms with van der Waals surface area (Å²) in [5.74, 6) is -2.73. The molecule has 1 aromatic carbocycles. The van der Waals surface area contributed by atoms with Gasteiger partial charge in [0.2, 0.25) is 17.7 Å². The summed E-state index contributed by atoms with van der Waals surface area (Å²) in [7, 11) is 1.56. The van der Waals surface area contributed by atoms with Crippen LogP contribution in [0.3, 0.4) is 0 Å². The topological polar surface area (TPSA) is 108 Å². The van der Waals surface area contributed by atoms with E-state index in [0.29, 0.717) is 24.3 Å². The zero-order valence-electron chi connectivity index (χ0n) is 15.3. The molecule has 0 radical (unpaired) electrons. The van der Waals surface area contributed by atoms with E-state index in [1.807, 2.05) is 0 Å². The number of carbonyl (C=O) groups excluding carboxylic acids is 3.